The lowest BCUT2D eigenvalue weighted by molar-refractivity contribution is -0.125. The SMILES string of the molecule is CC(CN(C)Cc1ccccc1)NC(=O)C1CCNC1. The van der Waals surface area contributed by atoms with E-state index in [9.17, 15) is 4.79 Å². The van der Waals surface area contributed by atoms with Gasteiger partial charge in [-0.3, -0.25) is 4.79 Å². The Morgan fingerprint density at radius 2 is 2.20 bits per heavy atom. The van der Waals surface area contributed by atoms with E-state index in [1.807, 2.05) is 6.07 Å². The van der Waals surface area contributed by atoms with Crippen molar-refractivity contribution in [1.82, 2.24) is 15.5 Å². The first-order valence-electron chi connectivity index (χ1n) is 7.38. The van der Waals surface area contributed by atoms with Crippen molar-refractivity contribution in [3.63, 3.8) is 0 Å². The van der Waals surface area contributed by atoms with E-state index in [0.717, 1.165) is 32.6 Å². The van der Waals surface area contributed by atoms with Crippen LogP contribution in [0.15, 0.2) is 30.3 Å². The van der Waals surface area contributed by atoms with E-state index in [2.05, 4.69) is 53.8 Å². The number of rotatable bonds is 6. The highest BCUT2D eigenvalue weighted by Gasteiger charge is 2.23. The maximum Gasteiger partial charge on any atom is 0.224 e. The van der Waals surface area contributed by atoms with Crippen molar-refractivity contribution in [2.45, 2.75) is 25.9 Å². The molecule has 20 heavy (non-hydrogen) atoms. The first-order valence-corrected chi connectivity index (χ1v) is 7.38. The first kappa shape index (κ1) is 15.0. The summed E-state index contributed by atoms with van der Waals surface area (Å²) in [4.78, 5) is 14.3. The number of carbonyl (C=O) groups excluding carboxylic acids is 1. The molecule has 2 N–H and O–H groups in total. The number of benzene rings is 1. The summed E-state index contributed by atoms with van der Waals surface area (Å²) < 4.78 is 0. The zero-order valence-electron chi connectivity index (χ0n) is 12.4. The number of nitrogens with zero attached hydrogens (tertiary/aromatic N) is 1. The molecule has 0 spiro atoms. The van der Waals surface area contributed by atoms with Crippen molar-refractivity contribution in [1.29, 1.82) is 0 Å². The lowest BCUT2D eigenvalue weighted by atomic mass is 10.1. The number of likely N-dealkylation sites (N-methyl/N-ethyl adjacent to an activating group) is 1. The number of carbonyl (C=O) groups is 1. The van der Waals surface area contributed by atoms with Gasteiger partial charge in [0.1, 0.15) is 0 Å². The molecule has 1 heterocycles. The molecule has 4 nitrogen and oxygen atoms in total. The Labute approximate surface area is 121 Å². The minimum Gasteiger partial charge on any atom is -0.352 e. The van der Waals surface area contributed by atoms with Gasteiger partial charge in [-0.1, -0.05) is 30.3 Å². The average Bonchev–Trinajstić information content (AvgIpc) is 2.93. The van der Waals surface area contributed by atoms with E-state index >= 15 is 0 Å². The fourth-order valence-electron chi connectivity index (χ4n) is 2.71. The molecule has 2 unspecified atom stereocenters. The zero-order chi connectivity index (χ0) is 14.4. The third-order valence-corrected chi connectivity index (χ3v) is 3.70. The van der Waals surface area contributed by atoms with Crippen molar-refractivity contribution in [3.05, 3.63) is 35.9 Å². The summed E-state index contributed by atoms with van der Waals surface area (Å²) in [5.41, 5.74) is 1.30. The summed E-state index contributed by atoms with van der Waals surface area (Å²) >= 11 is 0. The Balaban J connectivity index is 1.73. The fraction of sp³-hybridized carbons (Fsp3) is 0.562. The molecule has 0 aromatic heterocycles. The third kappa shape index (κ3) is 4.62. The average molecular weight is 275 g/mol. The molecular weight excluding hydrogens is 250 g/mol. The molecular formula is C16H25N3O. The van der Waals surface area contributed by atoms with Crippen LogP contribution in [0.2, 0.25) is 0 Å². The normalized spacial score (nSPS) is 20.1. The molecule has 2 rings (SSSR count). The van der Waals surface area contributed by atoms with Crippen LogP contribution >= 0.6 is 0 Å². The highest BCUT2D eigenvalue weighted by Crippen LogP contribution is 2.08. The van der Waals surface area contributed by atoms with Crippen LogP contribution in [0, 0.1) is 5.92 Å². The van der Waals surface area contributed by atoms with Crippen molar-refractivity contribution >= 4 is 5.91 Å². The van der Waals surface area contributed by atoms with Gasteiger partial charge in [-0.05, 0) is 32.5 Å². The predicted molar refractivity (Wildman–Crippen MR) is 81.4 cm³/mol. The van der Waals surface area contributed by atoms with Gasteiger partial charge in [0.15, 0.2) is 0 Å². The molecule has 0 radical (unpaired) electrons. The molecule has 1 saturated heterocycles. The molecule has 1 aliphatic rings. The van der Waals surface area contributed by atoms with Crippen LogP contribution in [-0.2, 0) is 11.3 Å². The minimum atomic E-state index is 0.150. The quantitative estimate of drug-likeness (QED) is 0.821. The molecule has 0 bridgehead atoms. The molecule has 1 amide bonds. The summed E-state index contributed by atoms with van der Waals surface area (Å²) in [6, 6.07) is 10.6. The topological polar surface area (TPSA) is 44.4 Å². The summed E-state index contributed by atoms with van der Waals surface area (Å²) in [6.07, 6.45) is 0.957. The van der Waals surface area contributed by atoms with Crippen LogP contribution in [0.5, 0.6) is 0 Å². The van der Waals surface area contributed by atoms with E-state index in [1.165, 1.54) is 5.56 Å². The van der Waals surface area contributed by atoms with Crippen LogP contribution in [0.4, 0.5) is 0 Å². The van der Waals surface area contributed by atoms with Gasteiger partial charge in [0.2, 0.25) is 5.91 Å². The van der Waals surface area contributed by atoms with Crippen LogP contribution in [0.25, 0.3) is 0 Å². The van der Waals surface area contributed by atoms with Gasteiger partial charge >= 0.3 is 0 Å². The van der Waals surface area contributed by atoms with Crippen molar-refractivity contribution < 1.29 is 4.79 Å². The second kappa shape index (κ2) is 7.41. The maximum atomic E-state index is 12.0. The number of nitrogens with one attached hydrogen (secondary N) is 2. The summed E-state index contributed by atoms with van der Waals surface area (Å²) in [6.45, 7) is 5.62. The molecule has 1 aromatic rings. The molecule has 1 aromatic carbocycles. The minimum absolute atomic E-state index is 0.150. The van der Waals surface area contributed by atoms with Gasteiger partial charge in [0, 0.05) is 25.7 Å². The van der Waals surface area contributed by atoms with E-state index in [0.29, 0.717) is 0 Å². The molecule has 110 valence electrons. The van der Waals surface area contributed by atoms with Crippen LogP contribution in [-0.4, -0.2) is 43.5 Å². The standard InChI is InChI=1S/C16H25N3O/c1-13(18-16(20)15-8-9-17-10-15)11-19(2)12-14-6-4-3-5-7-14/h3-7,13,15,17H,8-12H2,1-2H3,(H,18,20). The number of hydrogen-bond acceptors (Lipinski definition) is 3. The van der Waals surface area contributed by atoms with Crippen LogP contribution < -0.4 is 10.6 Å². The number of amides is 1. The van der Waals surface area contributed by atoms with E-state index in [4.69, 9.17) is 0 Å². The summed E-state index contributed by atoms with van der Waals surface area (Å²) in [7, 11) is 2.09. The lowest BCUT2D eigenvalue weighted by Crippen LogP contribution is -2.43. The molecule has 2 atom stereocenters. The van der Waals surface area contributed by atoms with Crippen LogP contribution in [0.3, 0.4) is 0 Å². The number of hydrogen-bond donors (Lipinski definition) is 2. The van der Waals surface area contributed by atoms with Crippen molar-refractivity contribution in [2.75, 3.05) is 26.7 Å². The second-order valence-electron chi connectivity index (χ2n) is 5.78. The highest BCUT2D eigenvalue weighted by atomic mass is 16.2. The largest absolute Gasteiger partial charge is 0.352 e. The monoisotopic (exact) mass is 275 g/mol. The Morgan fingerprint density at radius 1 is 1.45 bits per heavy atom. The Bertz CT molecular complexity index is 415. The van der Waals surface area contributed by atoms with Gasteiger partial charge < -0.3 is 15.5 Å². The Hall–Kier alpha value is -1.39. The third-order valence-electron chi connectivity index (χ3n) is 3.70. The van der Waals surface area contributed by atoms with Crippen molar-refractivity contribution in [3.8, 4) is 0 Å². The summed E-state index contributed by atoms with van der Waals surface area (Å²) in [5, 5.41) is 6.35. The van der Waals surface area contributed by atoms with E-state index in [1.54, 1.807) is 0 Å². The smallest absolute Gasteiger partial charge is 0.224 e. The van der Waals surface area contributed by atoms with Gasteiger partial charge in [0.05, 0.1) is 5.92 Å². The Morgan fingerprint density at radius 3 is 2.85 bits per heavy atom. The molecule has 0 aliphatic carbocycles. The maximum absolute atomic E-state index is 12.0. The molecule has 1 fully saturated rings. The second-order valence-corrected chi connectivity index (χ2v) is 5.78. The van der Waals surface area contributed by atoms with Gasteiger partial charge in [0.25, 0.3) is 0 Å². The van der Waals surface area contributed by atoms with Gasteiger partial charge in [-0.2, -0.15) is 0 Å². The molecule has 0 saturated carbocycles. The fourth-order valence-corrected chi connectivity index (χ4v) is 2.71. The Kier molecular flexibility index (Phi) is 5.56. The molecule has 1 aliphatic heterocycles. The first-order chi connectivity index (χ1) is 9.65. The molecule has 4 heteroatoms. The van der Waals surface area contributed by atoms with Crippen molar-refractivity contribution in [2.24, 2.45) is 5.92 Å². The van der Waals surface area contributed by atoms with E-state index < -0.39 is 0 Å². The lowest BCUT2D eigenvalue weighted by Gasteiger charge is -2.23. The van der Waals surface area contributed by atoms with Gasteiger partial charge in [-0.15, -0.1) is 0 Å². The van der Waals surface area contributed by atoms with E-state index in [-0.39, 0.29) is 17.9 Å². The zero-order valence-corrected chi connectivity index (χ0v) is 12.4. The van der Waals surface area contributed by atoms with Gasteiger partial charge in [-0.25, -0.2) is 0 Å². The highest BCUT2D eigenvalue weighted by molar-refractivity contribution is 5.79. The summed E-state index contributed by atoms with van der Waals surface area (Å²) in [5.74, 6) is 0.340. The van der Waals surface area contributed by atoms with Crippen LogP contribution in [0.1, 0.15) is 18.9 Å². The predicted octanol–water partition coefficient (Wildman–Crippen LogP) is 1.23.